The smallest absolute Gasteiger partial charge is 0.334 e. The second-order valence-electron chi connectivity index (χ2n) is 8.25. The van der Waals surface area contributed by atoms with Gasteiger partial charge in [0.2, 0.25) is 0 Å². The van der Waals surface area contributed by atoms with Gasteiger partial charge in [0.25, 0.3) is 0 Å². The minimum Gasteiger partial charge on any atom is -0.458 e. The molecule has 2 saturated carbocycles. The van der Waals surface area contributed by atoms with Crippen molar-refractivity contribution in [2.24, 2.45) is 29.1 Å². The van der Waals surface area contributed by atoms with E-state index >= 15 is 0 Å². The maximum absolute atomic E-state index is 11.7. The number of rotatable bonds is 3. The van der Waals surface area contributed by atoms with Crippen molar-refractivity contribution in [2.45, 2.75) is 65.4 Å². The van der Waals surface area contributed by atoms with Crippen LogP contribution in [0.2, 0.25) is 0 Å². The van der Waals surface area contributed by atoms with Gasteiger partial charge in [0.1, 0.15) is 6.10 Å². The van der Waals surface area contributed by atoms with Gasteiger partial charge in [0.15, 0.2) is 0 Å². The first-order chi connectivity index (χ1) is 10.9. The molecule has 3 aliphatic rings. The summed E-state index contributed by atoms with van der Waals surface area (Å²) in [5.41, 5.74) is 2.68. The topological polar surface area (TPSA) is 26.3 Å². The van der Waals surface area contributed by atoms with Crippen LogP contribution < -0.4 is 0 Å². The van der Waals surface area contributed by atoms with Crippen LogP contribution in [0.5, 0.6) is 0 Å². The molecule has 0 unspecified atom stereocenters. The molecule has 2 aliphatic carbocycles. The van der Waals surface area contributed by atoms with E-state index in [-0.39, 0.29) is 18.0 Å². The fourth-order valence-corrected chi connectivity index (χ4v) is 6.20. The first kappa shape index (κ1) is 17.3. The quantitative estimate of drug-likeness (QED) is 0.468. The molecule has 0 amide bonds. The van der Waals surface area contributed by atoms with Crippen molar-refractivity contribution in [2.75, 3.05) is 0 Å². The molecule has 0 aromatic carbocycles. The highest BCUT2D eigenvalue weighted by molar-refractivity contribution is 9.11. The monoisotopic (exact) mass is 380 g/mol. The van der Waals surface area contributed by atoms with Crippen molar-refractivity contribution in [1.82, 2.24) is 0 Å². The second-order valence-corrected chi connectivity index (χ2v) is 8.71. The van der Waals surface area contributed by atoms with Gasteiger partial charge in [-0.2, -0.15) is 0 Å². The number of carbonyl (C=O) groups excluding carboxylic acids is 1. The van der Waals surface area contributed by atoms with E-state index < -0.39 is 0 Å². The van der Waals surface area contributed by atoms with Crippen molar-refractivity contribution in [3.8, 4) is 0 Å². The predicted molar refractivity (Wildman–Crippen MR) is 97.1 cm³/mol. The zero-order valence-electron chi connectivity index (χ0n) is 14.6. The molecule has 1 heterocycles. The summed E-state index contributed by atoms with van der Waals surface area (Å²) in [6, 6.07) is 0. The SMILES string of the molecule is C=C1C(=O)O[C@H](C[C@@H](C)[C@H]2CC[C@H]3C(=CBr)CCC[C@]23C)[C@H]1C. The van der Waals surface area contributed by atoms with E-state index in [0.29, 0.717) is 16.9 Å². The standard InChI is InChI=1S/C20H29BrO2/c1-12(10-18-13(2)14(3)19(22)23-18)16-7-8-17-15(11-21)6-5-9-20(16,17)4/h11-13,16-18H,3,5-10H2,1-2,4H3/t12-,13+,16-,17+,18-,20-/m1/s1. The number of hydrogen-bond acceptors (Lipinski definition) is 2. The van der Waals surface area contributed by atoms with Gasteiger partial charge in [-0.1, -0.05) is 48.9 Å². The molecule has 3 fully saturated rings. The van der Waals surface area contributed by atoms with E-state index in [4.69, 9.17) is 4.74 Å². The van der Waals surface area contributed by atoms with Gasteiger partial charge in [-0.15, -0.1) is 0 Å². The fraction of sp³-hybridized carbons (Fsp3) is 0.750. The van der Waals surface area contributed by atoms with E-state index in [0.717, 1.165) is 18.3 Å². The summed E-state index contributed by atoms with van der Waals surface area (Å²) in [6.45, 7) is 10.8. The van der Waals surface area contributed by atoms with Crippen molar-refractivity contribution in [3.63, 3.8) is 0 Å². The molecule has 0 spiro atoms. The molecule has 0 aromatic rings. The molecule has 3 rings (SSSR count). The van der Waals surface area contributed by atoms with Gasteiger partial charge < -0.3 is 4.74 Å². The summed E-state index contributed by atoms with van der Waals surface area (Å²) in [7, 11) is 0. The Labute approximate surface area is 148 Å². The summed E-state index contributed by atoms with van der Waals surface area (Å²) in [4.78, 5) is 13.9. The Hall–Kier alpha value is -0.570. The third-order valence-electron chi connectivity index (χ3n) is 7.10. The Morgan fingerprint density at radius 2 is 2.22 bits per heavy atom. The lowest BCUT2D eigenvalue weighted by Gasteiger charge is -2.44. The molecule has 2 nitrogen and oxygen atoms in total. The highest BCUT2D eigenvalue weighted by atomic mass is 79.9. The Bertz CT molecular complexity index is 538. The zero-order valence-corrected chi connectivity index (χ0v) is 16.2. The molecule has 0 bridgehead atoms. The van der Waals surface area contributed by atoms with Gasteiger partial charge >= 0.3 is 5.97 Å². The lowest BCUT2D eigenvalue weighted by Crippen LogP contribution is -2.37. The first-order valence-corrected chi connectivity index (χ1v) is 9.99. The summed E-state index contributed by atoms with van der Waals surface area (Å²) in [6.07, 6.45) is 7.53. The molecule has 128 valence electrons. The maximum Gasteiger partial charge on any atom is 0.334 e. The Morgan fingerprint density at radius 1 is 1.48 bits per heavy atom. The van der Waals surface area contributed by atoms with Crippen LogP contribution in [0.15, 0.2) is 22.7 Å². The van der Waals surface area contributed by atoms with Crippen LogP contribution in [0.4, 0.5) is 0 Å². The predicted octanol–water partition coefficient (Wildman–Crippen LogP) is 5.63. The van der Waals surface area contributed by atoms with Gasteiger partial charge in [-0.3, -0.25) is 0 Å². The van der Waals surface area contributed by atoms with E-state index in [1.807, 2.05) is 0 Å². The van der Waals surface area contributed by atoms with E-state index in [1.54, 1.807) is 5.57 Å². The number of cyclic esters (lactones) is 1. The lowest BCUT2D eigenvalue weighted by molar-refractivity contribution is -0.140. The van der Waals surface area contributed by atoms with Gasteiger partial charge in [0, 0.05) is 11.5 Å². The van der Waals surface area contributed by atoms with Crippen LogP contribution in [-0.2, 0) is 9.53 Å². The number of ether oxygens (including phenoxy) is 1. The first-order valence-electron chi connectivity index (χ1n) is 9.07. The largest absolute Gasteiger partial charge is 0.458 e. The minimum absolute atomic E-state index is 0.0300. The van der Waals surface area contributed by atoms with Crippen LogP contribution in [0.3, 0.4) is 0 Å². The minimum atomic E-state index is -0.188. The zero-order chi connectivity index (χ0) is 16.8. The van der Waals surface area contributed by atoms with Crippen LogP contribution in [0, 0.1) is 29.1 Å². The number of carbonyl (C=O) groups is 1. The Kier molecular flexibility index (Phi) is 4.79. The van der Waals surface area contributed by atoms with E-state index in [9.17, 15) is 4.79 Å². The number of esters is 1. The van der Waals surface area contributed by atoms with Crippen molar-refractivity contribution < 1.29 is 9.53 Å². The molecule has 6 atom stereocenters. The highest BCUT2D eigenvalue weighted by Gasteiger charge is 2.51. The second kappa shape index (κ2) is 6.38. The van der Waals surface area contributed by atoms with E-state index in [1.165, 1.54) is 32.1 Å². The summed E-state index contributed by atoms with van der Waals surface area (Å²) < 4.78 is 5.57. The van der Waals surface area contributed by atoms with Crippen molar-refractivity contribution in [1.29, 1.82) is 0 Å². The third kappa shape index (κ3) is 2.83. The number of allylic oxidation sites excluding steroid dienone is 1. The molecule has 3 heteroatoms. The summed E-state index contributed by atoms with van der Waals surface area (Å²) in [5.74, 6) is 2.04. The van der Waals surface area contributed by atoms with Gasteiger partial charge in [-0.25, -0.2) is 4.79 Å². The summed E-state index contributed by atoms with van der Waals surface area (Å²) in [5, 5.41) is 0. The molecular weight excluding hydrogens is 352 g/mol. The third-order valence-corrected chi connectivity index (χ3v) is 7.69. The molecule has 23 heavy (non-hydrogen) atoms. The number of fused-ring (bicyclic) bond motifs is 1. The number of halogens is 1. The number of hydrogen-bond donors (Lipinski definition) is 0. The van der Waals surface area contributed by atoms with Gasteiger partial charge in [-0.05, 0) is 66.7 Å². The molecule has 1 saturated heterocycles. The molecule has 0 radical (unpaired) electrons. The van der Waals surface area contributed by atoms with Crippen molar-refractivity contribution in [3.05, 3.63) is 22.7 Å². The Balaban J connectivity index is 1.72. The van der Waals surface area contributed by atoms with Crippen LogP contribution in [-0.4, -0.2) is 12.1 Å². The van der Waals surface area contributed by atoms with E-state index in [2.05, 4.69) is 48.3 Å². The van der Waals surface area contributed by atoms with Crippen molar-refractivity contribution >= 4 is 21.9 Å². The summed E-state index contributed by atoms with van der Waals surface area (Å²) >= 11 is 3.59. The maximum atomic E-state index is 11.7. The molecule has 1 aliphatic heterocycles. The molecular formula is C20H29BrO2. The van der Waals surface area contributed by atoms with Crippen LogP contribution >= 0.6 is 15.9 Å². The van der Waals surface area contributed by atoms with Crippen LogP contribution in [0.1, 0.15) is 59.3 Å². The van der Waals surface area contributed by atoms with Crippen LogP contribution in [0.25, 0.3) is 0 Å². The molecule has 0 N–H and O–H groups in total. The Morgan fingerprint density at radius 3 is 2.83 bits per heavy atom. The highest BCUT2D eigenvalue weighted by Crippen LogP contribution is 2.60. The van der Waals surface area contributed by atoms with Gasteiger partial charge in [0.05, 0.1) is 0 Å². The average Bonchev–Trinajstić information content (AvgIpc) is 2.99. The molecule has 0 aromatic heterocycles. The lowest BCUT2D eigenvalue weighted by atomic mass is 9.61. The normalized spacial score (nSPS) is 43.6. The fourth-order valence-electron chi connectivity index (χ4n) is 5.65. The average molecular weight is 381 g/mol.